The van der Waals surface area contributed by atoms with E-state index in [2.05, 4.69) is 19.8 Å². The van der Waals surface area contributed by atoms with E-state index < -0.39 is 5.60 Å². The fraction of sp³-hybridized carbons (Fsp3) is 0.706. The SMILES string of the molecule is CN(C)C(=O)CC1(O)CCCN(c2cc(N3CCCC3)ncn2)C1. The van der Waals surface area contributed by atoms with E-state index in [0.717, 1.165) is 37.7 Å². The van der Waals surface area contributed by atoms with Crippen molar-refractivity contribution in [1.82, 2.24) is 14.9 Å². The summed E-state index contributed by atoms with van der Waals surface area (Å²) in [7, 11) is 3.44. The Bertz CT molecular complexity index is 588. The fourth-order valence-corrected chi connectivity index (χ4v) is 3.52. The summed E-state index contributed by atoms with van der Waals surface area (Å²) in [6.45, 7) is 3.35. The van der Waals surface area contributed by atoms with Crippen LogP contribution in [0, 0.1) is 0 Å². The Labute approximate surface area is 143 Å². The van der Waals surface area contributed by atoms with Crippen LogP contribution in [0.2, 0.25) is 0 Å². The monoisotopic (exact) mass is 333 g/mol. The third kappa shape index (κ3) is 3.77. The number of aromatic nitrogens is 2. The van der Waals surface area contributed by atoms with Crippen LogP contribution in [0.1, 0.15) is 32.1 Å². The zero-order valence-corrected chi connectivity index (χ0v) is 14.6. The predicted octanol–water partition coefficient (Wildman–Crippen LogP) is 0.886. The highest BCUT2D eigenvalue weighted by Crippen LogP contribution is 2.29. The van der Waals surface area contributed by atoms with E-state index in [-0.39, 0.29) is 12.3 Å². The normalized spacial score (nSPS) is 24.3. The number of rotatable bonds is 4. The standard InChI is InChI=1S/C17H27N5O2/c1-20(2)16(23)11-17(24)6-5-9-22(12-17)15-10-14(18-13-19-15)21-7-3-4-8-21/h10,13,24H,3-9,11-12H2,1-2H3. The van der Waals surface area contributed by atoms with E-state index >= 15 is 0 Å². The number of amides is 1. The molecule has 1 unspecified atom stereocenters. The Morgan fingerprint density at radius 2 is 1.79 bits per heavy atom. The molecule has 2 fully saturated rings. The largest absolute Gasteiger partial charge is 0.388 e. The molecule has 0 radical (unpaired) electrons. The topological polar surface area (TPSA) is 72.8 Å². The Kier molecular flexibility index (Phi) is 4.89. The molecule has 0 spiro atoms. The molecule has 2 saturated heterocycles. The van der Waals surface area contributed by atoms with Crippen molar-refractivity contribution in [2.45, 2.75) is 37.7 Å². The number of carbonyl (C=O) groups is 1. The van der Waals surface area contributed by atoms with Crippen LogP contribution in [0.3, 0.4) is 0 Å². The lowest BCUT2D eigenvalue weighted by atomic mass is 9.89. The number of anilines is 2. The van der Waals surface area contributed by atoms with Crippen LogP contribution in [-0.4, -0.2) is 71.8 Å². The van der Waals surface area contributed by atoms with Crippen molar-refractivity contribution in [2.24, 2.45) is 0 Å². The Morgan fingerprint density at radius 3 is 2.46 bits per heavy atom. The van der Waals surface area contributed by atoms with E-state index in [9.17, 15) is 9.90 Å². The Hall–Kier alpha value is -1.89. The van der Waals surface area contributed by atoms with E-state index in [0.29, 0.717) is 13.0 Å². The van der Waals surface area contributed by atoms with E-state index in [1.807, 2.05) is 6.07 Å². The molecule has 1 aromatic heterocycles. The highest BCUT2D eigenvalue weighted by atomic mass is 16.3. The van der Waals surface area contributed by atoms with Gasteiger partial charge in [-0.05, 0) is 25.7 Å². The van der Waals surface area contributed by atoms with Gasteiger partial charge in [-0.3, -0.25) is 4.79 Å². The molecule has 0 bridgehead atoms. The average Bonchev–Trinajstić information content (AvgIpc) is 3.09. The van der Waals surface area contributed by atoms with Gasteiger partial charge in [-0.1, -0.05) is 0 Å². The molecule has 24 heavy (non-hydrogen) atoms. The maximum Gasteiger partial charge on any atom is 0.225 e. The Morgan fingerprint density at radius 1 is 1.17 bits per heavy atom. The number of hydrogen-bond donors (Lipinski definition) is 1. The lowest BCUT2D eigenvalue weighted by Gasteiger charge is -2.40. The Balaban J connectivity index is 1.72. The summed E-state index contributed by atoms with van der Waals surface area (Å²) in [5.41, 5.74) is -0.988. The number of carbonyl (C=O) groups excluding carboxylic acids is 1. The third-order valence-electron chi connectivity index (χ3n) is 4.93. The minimum atomic E-state index is -0.988. The summed E-state index contributed by atoms with van der Waals surface area (Å²) in [4.78, 5) is 26.7. The van der Waals surface area contributed by atoms with Crippen LogP contribution in [-0.2, 0) is 4.79 Å². The van der Waals surface area contributed by atoms with Gasteiger partial charge in [-0.25, -0.2) is 9.97 Å². The zero-order chi connectivity index (χ0) is 17.2. The molecule has 1 aromatic rings. The van der Waals surface area contributed by atoms with Crippen molar-refractivity contribution >= 4 is 17.5 Å². The van der Waals surface area contributed by atoms with Gasteiger partial charge >= 0.3 is 0 Å². The third-order valence-corrected chi connectivity index (χ3v) is 4.93. The molecule has 132 valence electrons. The van der Waals surface area contributed by atoms with Gasteiger partial charge in [0.25, 0.3) is 0 Å². The van der Waals surface area contributed by atoms with Crippen molar-refractivity contribution in [3.8, 4) is 0 Å². The van der Waals surface area contributed by atoms with Gasteiger partial charge in [-0.2, -0.15) is 0 Å². The van der Waals surface area contributed by atoms with Gasteiger partial charge in [0, 0.05) is 46.3 Å². The first-order chi connectivity index (χ1) is 11.5. The fourth-order valence-electron chi connectivity index (χ4n) is 3.52. The zero-order valence-electron chi connectivity index (χ0n) is 14.6. The van der Waals surface area contributed by atoms with Crippen LogP contribution < -0.4 is 9.80 Å². The molecule has 3 rings (SSSR count). The predicted molar refractivity (Wildman–Crippen MR) is 93.2 cm³/mol. The van der Waals surface area contributed by atoms with Gasteiger partial charge in [0.2, 0.25) is 5.91 Å². The van der Waals surface area contributed by atoms with Crippen molar-refractivity contribution in [3.63, 3.8) is 0 Å². The minimum Gasteiger partial charge on any atom is -0.388 e. The van der Waals surface area contributed by atoms with Crippen LogP contribution in [0.5, 0.6) is 0 Å². The summed E-state index contributed by atoms with van der Waals surface area (Å²) < 4.78 is 0. The van der Waals surface area contributed by atoms with Crippen LogP contribution >= 0.6 is 0 Å². The quantitative estimate of drug-likeness (QED) is 0.882. The molecule has 2 aliphatic heterocycles. The highest BCUT2D eigenvalue weighted by Gasteiger charge is 2.36. The summed E-state index contributed by atoms with van der Waals surface area (Å²) in [6, 6.07) is 2.00. The molecule has 3 heterocycles. The molecule has 0 aromatic carbocycles. The lowest BCUT2D eigenvalue weighted by molar-refractivity contribution is -0.134. The summed E-state index contributed by atoms with van der Waals surface area (Å²) in [6.07, 6.45) is 5.65. The smallest absolute Gasteiger partial charge is 0.225 e. The average molecular weight is 333 g/mol. The molecule has 1 atom stereocenters. The van der Waals surface area contributed by atoms with Crippen LogP contribution in [0.25, 0.3) is 0 Å². The summed E-state index contributed by atoms with van der Waals surface area (Å²) >= 11 is 0. The first-order valence-corrected chi connectivity index (χ1v) is 8.71. The van der Waals surface area contributed by atoms with Gasteiger partial charge in [0.05, 0.1) is 12.0 Å². The van der Waals surface area contributed by atoms with Crippen molar-refractivity contribution < 1.29 is 9.90 Å². The highest BCUT2D eigenvalue weighted by molar-refractivity contribution is 5.76. The molecule has 2 aliphatic rings. The first-order valence-electron chi connectivity index (χ1n) is 8.71. The van der Waals surface area contributed by atoms with Gasteiger partial charge in [0.1, 0.15) is 18.0 Å². The maximum atomic E-state index is 12.0. The van der Waals surface area contributed by atoms with Gasteiger partial charge in [0.15, 0.2) is 0 Å². The minimum absolute atomic E-state index is 0.0419. The lowest BCUT2D eigenvalue weighted by Crippen LogP contribution is -2.50. The second-order valence-corrected chi connectivity index (χ2v) is 7.14. The molecule has 1 amide bonds. The van der Waals surface area contributed by atoms with E-state index in [1.54, 1.807) is 20.4 Å². The van der Waals surface area contributed by atoms with E-state index in [4.69, 9.17) is 0 Å². The molecular formula is C17H27N5O2. The first kappa shape index (κ1) is 17.0. The van der Waals surface area contributed by atoms with Crippen LogP contribution in [0.15, 0.2) is 12.4 Å². The number of aliphatic hydroxyl groups is 1. The van der Waals surface area contributed by atoms with Gasteiger partial charge in [-0.15, -0.1) is 0 Å². The number of piperidine rings is 1. The molecular weight excluding hydrogens is 306 g/mol. The molecule has 7 heteroatoms. The van der Waals surface area contributed by atoms with E-state index in [1.165, 1.54) is 17.7 Å². The summed E-state index contributed by atoms with van der Waals surface area (Å²) in [5.74, 6) is 1.75. The molecule has 0 saturated carbocycles. The molecule has 1 N–H and O–H groups in total. The molecule has 0 aliphatic carbocycles. The van der Waals surface area contributed by atoms with Crippen molar-refractivity contribution in [1.29, 1.82) is 0 Å². The number of nitrogens with zero attached hydrogens (tertiary/aromatic N) is 5. The van der Waals surface area contributed by atoms with Crippen molar-refractivity contribution in [2.75, 3.05) is 50.1 Å². The second kappa shape index (κ2) is 6.93. The second-order valence-electron chi connectivity index (χ2n) is 7.14. The maximum absolute atomic E-state index is 12.0. The summed E-state index contributed by atoms with van der Waals surface area (Å²) in [5, 5.41) is 10.9. The van der Waals surface area contributed by atoms with Crippen LogP contribution in [0.4, 0.5) is 11.6 Å². The van der Waals surface area contributed by atoms with Gasteiger partial charge < -0.3 is 19.8 Å². The number of hydrogen-bond acceptors (Lipinski definition) is 6. The molecule has 7 nitrogen and oxygen atoms in total. The number of β-amino-alcohol motifs (C(OH)–C–C–N with tert-alkyl or cyclic N) is 1. The van der Waals surface area contributed by atoms with Crippen molar-refractivity contribution in [3.05, 3.63) is 12.4 Å².